The highest BCUT2D eigenvalue weighted by Gasteiger charge is 2.19. The molecule has 0 fully saturated rings. The van der Waals surface area contributed by atoms with Gasteiger partial charge in [-0.05, 0) is 60.9 Å². The molecule has 0 amide bonds. The standard InChI is InChI=1S/C22H22N2O4S2/c1-17-7-6-10-20(15-17)24-30(27,28)22-16-21(12-11-18(22)2)23-29(25,26)14-13-19-8-4-3-5-9-19/h3-16,23-24H,1-2H3. The summed E-state index contributed by atoms with van der Waals surface area (Å²) in [5.41, 5.74) is 2.74. The molecule has 6 nitrogen and oxygen atoms in total. The van der Waals surface area contributed by atoms with Crippen molar-refractivity contribution in [3.8, 4) is 0 Å². The van der Waals surface area contributed by atoms with Crippen molar-refractivity contribution in [2.75, 3.05) is 9.44 Å². The Labute approximate surface area is 177 Å². The fourth-order valence-corrected chi connectivity index (χ4v) is 4.98. The molecule has 0 aliphatic heterocycles. The van der Waals surface area contributed by atoms with Crippen LogP contribution in [0.4, 0.5) is 11.4 Å². The first-order valence-corrected chi connectivity index (χ1v) is 12.1. The molecule has 156 valence electrons. The quantitative estimate of drug-likeness (QED) is 0.563. The van der Waals surface area contributed by atoms with Gasteiger partial charge in [-0.15, -0.1) is 0 Å². The van der Waals surface area contributed by atoms with E-state index in [0.29, 0.717) is 11.3 Å². The molecule has 0 spiro atoms. The maximum Gasteiger partial charge on any atom is 0.262 e. The fourth-order valence-electron chi connectivity index (χ4n) is 2.80. The van der Waals surface area contributed by atoms with Gasteiger partial charge in [0, 0.05) is 5.69 Å². The average Bonchev–Trinajstić information content (AvgIpc) is 2.68. The van der Waals surface area contributed by atoms with E-state index in [0.717, 1.165) is 16.5 Å². The molecule has 0 saturated carbocycles. The number of aryl methyl sites for hydroxylation is 2. The monoisotopic (exact) mass is 442 g/mol. The van der Waals surface area contributed by atoms with Crippen LogP contribution in [-0.4, -0.2) is 16.8 Å². The summed E-state index contributed by atoms with van der Waals surface area (Å²) in [6.45, 7) is 3.51. The van der Waals surface area contributed by atoms with Gasteiger partial charge in [0.25, 0.3) is 20.0 Å². The third-order valence-corrected chi connectivity index (χ3v) is 6.79. The summed E-state index contributed by atoms with van der Waals surface area (Å²) in [5.74, 6) is 0. The minimum Gasteiger partial charge on any atom is -0.280 e. The SMILES string of the molecule is Cc1cccc(NS(=O)(=O)c2cc(NS(=O)(=O)C=Cc3ccccc3)ccc2C)c1. The molecule has 0 radical (unpaired) electrons. The van der Waals surface area contributed by atoms with Gasteiger partial charge in [-0.3, -0.25) is 9.44 Å². The van der Waals surface area contributed by atoms with Gasteiger partial charge in [0.15, 0.2) is 0 Å². The van der Waals surface area contributed by atoms with E-state index >= 15 is 0 Å². The van der Waals surface area contributed by atoms with Crippen molar-refractivity contribution in [2.24, 2.45) is 0 Å². The Kier molecular flexibility index (Phi) is 6.28. The van der Waals surface area contributed by atoms with Gasteiger partial charge in [-0.1, -0.05) is 48.5 Å². The Morgan fingerprint density at radius 3 is 2.13 bits per heavy atom. The molecule has 2 N–H and O–H groups in total. The molecule has 0 bridgehead atoms. The summed E-state index contributed by atoms with van der Waals surface area (Å²) in [5, 5.41) is 1.04. The zero-order valence-electron chi connectivity index (χ0n) is 16.5. The molecule has 3 rings (SSSR count). The Hall–Kier alpha value is -3.10. The summed E-state index contributed by atoms with van der Waals surface area (Å²) in [7, 11) is -7.72. The molecule has 0 saturated heterocycles. The second-order valence-electron chi connectivity index (χ2n) is 6.82. The number of sulfonamides is 2. The van der Waals surface area contributed by atoms with E-state index in [9.17, 15) is 16.8 Å². The van der Waals surface area contributed by atoms with Crippen LogP contribution in [0.5, 0.6) is 0 Å². The summed E-state index contributed by atoms with van der Waals surface area (Å²) in [4.78, 5) is -0.00348. The summed E-state index contributed by atoms with van der Waals surface area (Å²) < 4.78 is 55.4. The molecule has 3 aromatic rings. The molecule has 8 heteroatoms. The third kappa shape index (κ3) is 5.71. The maximum atomic E-state index is 12.9. The average molecular weight is 443 g/mol. The molecule has 0 unspecified atom stereocenters. The first-order valence-electron chi connectivity index (χ1n) is 9.11. The predicted octanol–water partition coefficient (Wildman–Crippen LogP) is 4.52. The Bertz CT molecular complexity index is 1280. The van der Waals surface area contributed by atoms with Crippen LogP contribution in [0, 0.1) is 13.8 Å². The minimum atomic E-state index is -3.90. The Morgan fingerprint density at radius 2 is 1.43 bits per heavy atom. The second-order valence-corrected chi connectivity index (χ2v) is 10.0. The Morgan fingerprint density at radius 1 is 0.733 bits per heavy atom. The van der Waals surface area contributed by atoms with E-state index < -0.39 is 20.0 Å². The smallest absolute Gasteiger partial charge is 0.262 e. The number of rotatable bonds is 7. The van der Waals surface area contributed by atoms with Crippen LogP contribution in [0.2, 0.25) is 0 Å². The van der Waals surface area contributed by atoms with Crippen LogP contribution < -0.4 is 9.44 Å². The molecule has 0 aliphatic rings. The normalized spacial score (nSPS) is 12.1. The molecule has 0 heterocycles. The van der Waals surface area contributed by atoms with Crippen molar-refractivity contribution in [3.63, 3.8) is 0 Å². The molecular weight excluding hydrogens is 420 g/mol. The molecule has 30 heavy (non-hydrogen) atoms. The second kappa shape index (κ2) is 8.73. The number of hydrogen-bond acceptors (Lipinski definition) is 4. The van der Waals surface area contributed by atoms with Gasteiger partial charge < -0.3 is 0 Å². The highest BCUT2D eigenvalue weighted by Crippen LogP contribution is 2.24. The molecule has 0 aliphatic carbocycles. The van der Waals surface area contributed by atoms with Gasteiger partial charge >= 0.3 is 0 Å². The van der Waals surface area contributed by atoms with Crippen LogP contribution in [0.1, 0.15) is 16.7 Å². The first-order chi connectivity index (χ1) is 14.1. The third-order valence-electron chi connectivity index (χ3n) is 4.25. The largest absolute Gasteiger partial charge is 0.280 e. The van der Waals surface area contributed by atoms with Crippen molar-refractivity contribution < 1.29 is 16.8 Å². The predicted molar refractivity (Wildman–Crippen MR) is 121 cm³/mol. The fraction of sp³-hybridized carbons (Fsp3) is 0.0909. The summed E-state index contributed by atoms with van der Waals surface area (Å²) in [6, 6.07) is 20.4. The van der Waals surface area contributed by atoms with Gasteiger partial charge in [0.1, 0.15) is 0 Å². The summed E-state index contributed by atoms with van der Waals surface area (Å²) in [6.07, 6.45) is 1.47. The van der Waals surface area contributed by atoms with Crippen molar-refractivity contribution in [3.05, 3.63) is 94.9 Å². The molecule has 3 aromatic carbocycles. The van der Waals surface area contributed by atoms with Gasteiger partial charge in [-0.25, -0.2) is 16.8 Å². The lowest BCUT2D eigenvalue weighted by molar-refractivity contribution is 0.600. The highest BCUT2D eigenvalue weighted by molar-refractivity contribution is 7.95. The van der Waals surface area contributed by atoms with Crippen LogP contribution >= 0.6 is 0 Å². The molecule has 0 atom stereocenters. The maximum absolute atomic E-state index is 12.9. The minimum absolute atomic E-state index is 0.00348. The summed E-state index contributed by atoms with van der Waals surface area (Å²) >= 11 is 0. The van der Waals surface area contributed by atoms with E-state index in [1.165, 1.54) is 18.2 Å². The number of anilines is 2. The number of hydrogen-bond donors (Lipinski definition) is 2. The van der Waals surface area contributed by atoms with Crippen LogP contribution in [0.3, 0.4) is 0 Å². The van der Waals surface area contributed by atoms with E-state index in [1.54, 1.807) is 55.5 Å². The lowest BCUT2D eigenvalue weighted by Gasteiger charge is -2.13. The zero-order valence-corrected chi connectivity index (χ0v) is 18.2. The van der Waals surface area contributed by atoms with Crippen molar-refractivity contribution in [1.82, 2.24) is 0 Å². The Balaban J connectivity index is 1.85. The van der Waals surface area contributed by atoms with E-state index in [1.807, 2.05) is 19.1 Å². The van der Waals surface area contributed by atoms with Gasteiger partial charge in [0.05, 0.1) is 16.0 Å². The molecular formula is C22H22N2O4S2. The lowest BCUT2D eigenvalue weighted by Crippen LogP contribution is -2.15. The van der Waals surface area contributed by atoms with Crippen LogP contribution in [-0.2, 0) is 20.0 Å². The van der Waals surface area contributed by atoms with Gasteiger partial charge in [-0.2, -0.15) is 0 Å². The van der Waals surface area contributed by atoms with Crippen molar-refractivity contribution >= 4 is 37.5 Å². The highest BCUT2D eigenvalue weighted by atomic mass is 32.2. The van der Waals surface area contributed by atoms with E-state index in [4.69, 9.17) is 0 Å². The number of benzene rings is 3. The van der Waals surface area contributed by atoms with E-state index in [2.05, 4.69) is 9.44 Å². The number of nitrogens with one attached hydrogen (secondary N) is 2. The van der Waals surface area contributed by atoms with Crippen LogP contribution in [0.25, 0.3) is 6.08 Å². The van der Waals surface area contributed by atoms with Crippen molar-refractivity contribution in [1.29, 1.82) is 0 Å². The first kappa shape index (κ1) is 21.6. The van der Waals surface area contributed by atoms with Crippen molar-refractivity contribution in [2.45, 2.75) is 18.7 Å². The lowest BCUT2D eigenvalue weighted by atomic mass is 10.2. The molecule has 0 aromatic heterocycles. The van der Waals surface area contributed by atoms with Crippen LogP contribution in [0.15, 0.2) is 83.1 Å². The van der Waals surface area contributed by atoms with E-state index in [-0.39, 0.29) is 10.6 Å². The zero-order chi connectivity index (χ0) is 21.8. The van der Waals surface area contributed by atoms with Gasteiger partial charge in [0.2, 0.25) is 0 Å². The topological polar surface area (TPSA) is 92.3 Å².